The Hall–Kier alpha value is -3.15. The molecular weight excluding hydrogens is 304 g/mol. The van der Waals surface area contributed by atoms with Crippen molar-refractivity contribution in [2.24, 2.45) is 0 Å². The number of benzene rings is 2. The zero-order chi connectivity index (χ0) is 16.9. The molecule has 0 saturated carbocycles. The van der Waals surface area contributed by atoms with Crippen LogP contribution in [-0.2, 0) is 4.79 Å². The highest BCUT2D eigenvalue weighted by molar-refractivity contribution is 5.93. The number of anilines is 1. The van der Waals surface area contributed by atoms with Crippen molar-refractivity contribution in [3.8, 4) is 11.4 Å². The summed E-state index contributed by atoms with van der Waals surface area (Å²) in [6.07, 6.45) is 3.03. The number of aromatic nitrogens is 3. The Morgan fingerprint density at radius 2 is 1.88 bits per heavy atom. The second kappa shape index (κ2) is 6.95. The van der Waals surface area contributed by atoms with E-state index in [0.717, 1.165) is 22.6 Å². The summed E-state index contributed by atoms with van der Waals surface area (Å²) < 4.78 is 7.28. The minimum absolute atomic E-state index is 0.0582. The highest BCUT2D eigenvalue weighted by Crippen LogP contribution is 2.22. The van der Waals surface area contributed by atoms with Crippen LogP contribution in [-0.4, -0.2) is 27.3 Å². The van der Waals surface area contributed by atoms with Gasteiger partial charge < -0.3 is 10.1 Å². The van der Waals surface area contributed by atoms with Crippen LogP contribution in [0.1, 0.15) is 11.1 Å². The molecular formula is C18H18N4O2. The van der Waals surface area contributed by atoms with Gasteiger partial charge in [-0.1, -0.05) is 30.3 Å². The molecule has 1 amide bonds. The summed E-state index contributed by atoms with van der Waals surface area (Å²) >= 11 is 0. The first-order valence-corrected chi connectivity index (χ1v) is 7.58. The lowest BCUT2D eigenvalue weighted by atomic mass is 10.1. The minimum Gasteiger partial charge on any atom is -0.483 e. The zero-order valence-electron chi connectivity index (χ0n) is 13.6. The van der Waals surface area contributed by atoms with E-state index in [2.05, 4.69) is 15.4 Å². The van der Waals surface area contributed by atoms with Crippen molar-refractivity contribution in [2.45, 2.75) is 13.8 Å². The van der Waals surface area contributed by atoms with E-state index in [9.17, 15) is 4.79 Å². The van der Waals surface area contributed by atoms with Crippen molar-refractivity contribution in [1.82, 2.24) is 14.8 Å². The summed E-state index contributed by atoms with van der Waals surface area (Å²) in [5, 5.41) is 6.95. The monoisotopic (exact) mass is 322 g/mol. The van der Waals surface area contributed by atoms with Crippen LogP contribution in [0, 0.1) is 13.8 Å². The van der Waals surface area contributed by atoms with E-state index in [1.807, 2.05) is 56.3 Å². The van der Waals surface area contributed by atoms with Crippen LogP contribution in [0.3, 0.4) is 0 Å². The number of nitrogens with one attached hydrogen (secondary N) is 1. The van der Waals surface area contributed by atoms with E-state index in [1.54, 1.807) is 11.0 Å². The number of ether oxygens (including phenoxy) is 1. The molecule has 1 heterocycles. The lowest BCUT2D eigenvalue weighted by molar-refractivity contribution is -0.118. The molecule has 3 rings (SSSR count). The molecule has 0 aliphatic heterocycles. The van der Waals surface area contributed by atoms with Crippen molar-refractivity contribution >= 4 is 11.6 Å². The average molecular weight is 322 g/mol. The van der Waals surface area contributed by atoms with Crippen LogP contribution in [0.2, 0.25) is 0 Å². The fourth-order valence-corrected chi connectivity index (χ4v) is 2.46. The van der Waals surface area contributed by atoms with Crippen LogP contribution in [0.4, 0.5) is 5.69 Å². The van der Waals surface area contributed by atoms with Gasteiger partial charge in [-0.3, -0.25) is 4.79 Å². The Bertz CT molecular complexity index is 824. The van der Waals surface area contributed by atoms with Gasteiger partial charge in [-0.25, -0.2) is 9.67 Å². The molecule has 6 nitrogen and oxygen atoms in total. The maximum absolute atomic E-state index is 12.2. The first kappa shape index (κ1) is 15.7. The third-order valence-electron chi connectivity index (χ3n) is 3.60. The lowest BCUT2D eigenvalue weighted by Gasteiger charge is -2.13. The Kier molecular flexibility index (Phi) is 4.56. The molecule has 0 radical (unpaired) electrons. The number of nitrogens with zero attached hydrogens (tertiary/aromatic N) is 3. The van der Waals surface area contributed by atoms with E-state index < -0.39 is 0 Å². The smallest absolute Gasteiger partial charge is 0.262 e. The highest BCUT2D eigenvalue weighted by Gasteiger charge is 2.10. The number of carbonyl (C=O) groups is 1. The summed E-state index contributed by atoms with van der Waals surface area (Å²) in [7, 11) is 0. The molecule has 0 saturated heterocycles. The van der Waals surface area contributed by atoms with Crippen molar-refractivity contribution in [3.05, 3.63) is 66.2 Å². The second-order valence-corrected chi connectivity index (χ2v) is 5.41. The molecule has 6 heteroatoms. The van der Waals surface area contributed by atoms with Crippen molar-refractivity contribution in [2.75, 3.05) is 11.9 Å². The molecule has 0 fully saturated rings. The van der Waals surface area contributed by atoms with Crippen LogP contribution < -0.4 is 10.1 Å². The van der Waals surface area contributed by atoms with E-state index in [0.29, 0.717) is 5.69 Å². The summed E-state index contributed by atoms with van der Waals surface area (Å²) in [5.74, 6) is 0.516. The summed E-state index contributed by atoms with van der Waals surface area (Å²) in [4.78, 5) is 16.2. The normalized spacial score (nSPS) is 10.4. The molecule has 0 unspecified atom stereocenters. The maximum atomic E-state index is 12.2. The van der Waals surface area contributed by atoms with Gasteiger partial charge in [0.1, 0.15) is 18.4 Å². The Morgan fingerprint density at radius 3 is 2.58 bits per heavy atom. The largest absolute Gasteiger partial charge is 0.483 e. The number of para-hydroxylation sites is 3. The van der Waals surface area contributed by atoms with Gasteiger partial charge in [0.05, 0.1) is 11.4 Å². The van der Waals surface area contributed by atoms with Gasteiger partial charge >= 0.3 is 0 Å². The number of rotatable bonds is 5. The molecule has 122 valence electrons. The molecule has 0 bridgehead atoms. The first-order chi connectivity index (χ1) is 11.6. The van der Waals surface area contributed by atoms with Gasteiger partial charge in [0.25, 0.3) is 5.91 Å². The number of hydrogen-bond acceptors (Lipinski definition) is 4. The van der Waals surface area contributed by atoms with Crippen molar-refractivity contribution < 1.29 is 9.53 Å². The number of aryl methyl sites for hydroxylation is 2. The Labute approximate surface area is 140 Å². The topological polar surface area (TPSA) is 69.0 Å². The van der Waals surface area contributed by atoms with Gasteiger partial charge in [-0.15, -0.1) is 0 Å². The second-order valence-electron chi connectivity index (χ2n) is 5.41. The average Bonchev–Trinajstić information content (AvgIpc) is 3.09. The molecule has 1 N–H and O–H groups in total. The maximum Gasteiger partial charge on any atom is 0.262 e. The molecule has 0 aliphatic carbocycles. The molecule has 2 aromatic carbocycles. The van der Waals surface area contributed by atoms with Crippen molar-refractivity contribution in [3.63, 3.8) is 0 Å². The first-order valence-electron chi connectivity index (χ1n) is 7.58. The standard InChI is InChI=1S/C18H18N4O2/c1-13-6-5-7-14(2)18(13)24-10-17(23)21-15-8-3-4-9-16(15)22-12-19-11-20-22/h3-9,11-12H,10H2,1-2H3,(H,21,23). The van der Waals surface area contributed by atoms with E-state index in [1.165, 1.54) is 6.33 Å². The summed E-state index contributed by atoms with van der Waals surface area (Å²) in [6.45, 7) is 3.86. The predicted molar refractivity (Wildman–Crippen MR) is 91.4 cm³/mol. The fraction of sp³-hybridized carbons (Fsp3) is 0.167. The van der Waals surface area contributed by atoms with Crippen LogP contribution in [0.5, 0.6) is 5.75 Å². The molecule has 0 atom stereocenters. The number of carbonyl (C=O) groups excluding carboxylic acids is 1. The van der Waals surface area contributed by atoms with Gasteiger partial charge in [-0.2, -0.15) is 5.10 Å². The van der Waals surface area contributed by atoms with Crippen LogP contribution >= 0.6 is 0 Å². The predicted octanol–water partition coefficient (Wildman–Crippen LogP) is 2.90. The van der Waals surface area contributed by atoms with Crippen LogP contribution in [0.15, 0.2) is 55.1 Å². The SMILES string of the molecule is Cc1cccc(C)c1OCC(=O)Nc1ccccc1-n1cncn1. The number of hydrogen-bond donors (Lipinski definition) is 1. The fourth-order valence-electron chi connectivity index (χ4n) is 2.46. The van der Waals surface area contributed by atoms with Crippen LogP contribution in [0.25, 0.3) is 5.69 Å². The third-order valence-corrected chi connectivity index (χ3v) is 3.60. The molecule has 0 aliphatic rings. The van der Waals surface area contributed by atoms with Gasteiger partial charge in [0.15, 0.2) is 6.61 Å². The van der Waals surface area contributed by atoms with Gasteiger partial charge in [0, 0.05) is 0 Å². The summed E-state index contributed by atoms with van der Waals surface area (Å²) in [6, 6.07) is 13.3. The number of amides is 1. The van der Waals surface area contributed by atoms with E-state index in [-0.39, 0.29) is 12.5 Å². The molecule has 1 aromatic heterocycles. The highest BCUT2D eigenvalue weighted by atomic mass is 16.5. The Balaban J connectivity index is 1.70. The zero-order valence-corrected chi connectivity index (χ0v) is 13.6. The molecule has 3 aromatic rings. The van der Waals surface area contributed by atoms with E-state index in [4.69, 9.17) is 4.74 Å². The molecule has 24 heavy (non-hydrogen) atoms. The van der Waals surface area contributed by atoms with Gasteiger partial charge in [-0.05, 0) is 37.1 Å². The summed E-state index contributed by atoms with van der Waals surface area (Å²) in [5.41, 5.74) is 3.41. The minimum atomic E-state index is -0.231. The van der Waals surface area contributed by atoms with E-state index >= 15 is 0 Å². The third kappa shape index (κ3) is 3.43. The lowest BCUT2D eigenvalue weighted by Crippen LogP contribution is -2.21. The quantitative estimate of drug-likeness (QED) is 0.784. The van der Waals surface area contributed by atoms with Crippen molar-refractivity contribution in [1.29, 1.82) is 0 Å². The molecule has 0 spiro atoms. The van der Waals surface area contributed by atoms with Gasteiger partial charge in [0.2, 0.25) is 0 Å². The Morgan fingerprint density at radius 1 is 1.12 bits per heavy atom.